The first-order valence-electron chi connectivity index (χ1n) is 7.81. The van der Waals surface area contributed by atoms with Gasteiger partial charge in [-0.05, 0) is 53.4 Å². The molecule has 0 saturated heterocycles. The van der Waals surface area contributed by atoms with Crippen LogP contribution >= 0.6 is 27.7 Å². The molecule has 0 aliphatic heterocycles. The van der Waals surface area contributed by atoms with Crippen LogP contribution in [0.1, 0.15) is 46.5 Å². The average molecular weight is 358 g/mol. The van der Waals surface area contributed by atoms with Crippen LogP contribution in [0.15, 0.2) is 33.6 Å². The molecule has 1 nitrogen and oxygen atoms in total. The monoisotopic (exact) mass is 357 g/mol. The van der Waals surface area contributed by atoms with Crippen molar-refractivity contribution in [1.29, 1.82) is 0 Å². The molecule has 0 spiro atoms. The second-order valence-electron chi connectivity index (χ2n) is 5.31. The third-order valence-corrected chi connectivity index (χ3v) is 5.92. The molecule has 0 bridgehead atoms. The maximum Gasteiger partial charge on any atom is 0.0311 e. The molecule has 1 atom stereocenters. The molecule has 1 aromatic carbocycles. The van der Waals surface area contributed by atoms with Crippen LogP contribution < -0.4 is 5.32 Å². The Kier molecular flexibility index (Phi) is 9.66. The van der Waals surface area contributed by atoms with Crippen molar-refractivity contribution in [3.8, 4) is 0 Å². The molecular formula is C17H28BrNS. The maximum atomic E-state index is 3.72. The first kappa shape index (κ1) is 18.1. The number of hydrogen-bond donors (Lipinski definition) is 1. The first-order chi connectivity index (χ1) is 9.71. The van der Waals surface area contributed by atoms with E-state index in [4.69, 9.17) is 0 Å². The summed E-state index contributed by atoms with van der Waals surface area (Å²) >= 11 is 5.60. The molecule has 0 heterocycles. The highest BCUT2D eigenvalue weighted by Gasteiger charge is 2.14. The van der Waals surface area contributed by atoms with Gasteiger partial charge in [0.15, 0.2) is 0 Å². The first-order valence-corrected chi connectivity index (χ1v) is 9.59. The van der Waals surface area contributed by atoms with E-state index >= 15 is 0 Å². The Balaban J connectivity index is 2.53. The highest BCUT2D eigenvalue weighted by atomic mass is 79.9. The van der Waals surface area contributed by atoms with E-state index in [-0.39, 0.29) is 0 Å². The molecule has 1 aromatic rings. The molecule has 3 heteroatoms. The smallest absolute Gasteiger partial charge is 0.0311 e. The lowest BCUT2D eigenvalue weighted by atomic mass is 9.95. The lowest BCUT2D eigenvalue weighted by molar-refractivity contribution is 0.384. The predicted molar refractivity (Wildman–Crippen MR) is 95.6 cm³/mol. The molecule has 0 fully saturated rings. The highest BCUT2D eigenvalue weighted by molar-refractivity contribution is 9.10. The SMILES string of the molecule is CCCNC(CSc1ccccc1Br)CC(CC)CC. The summed E-state index contributed by atoms with van der Waals surface area (Å²) in [6.07, 6.45) is 5.09. The van der Waals surface area contributed by atoms with E-state index in [1.807, 2.05) is 11.8 Å². The molecule has 0 aliphatic rings. The Bertz CT molecular complexity index is 366. The van der Waals surface area contributed by atoms with Crippen LogP contribution in [0.5, 0.6) is 0 Å². The van der Waals surface area contributed by atoms with Gasteiger partial charge in [0.25, 0.3) is 0 Å². The van der Waals surface area contributed by atoms with E-state index in [1.165, 1.54) is 35.1 Å². The van der Waals surface area contributed by atoms with Crippen molar-refractivity contribution in [2.75, 3.05) is 12.3 Å². The molecule has 0 radical (unpaired) electrons. The fraction of sp³-hybridized carbons (Fsp3) is 0.647. The van der Waals surface area contributed by atoms with E-state index in [0.29, 0.717) is 6.04 Å². The van der Waals surface area contributed by atoms with Gasteiger partial charge in [0.1, 0.15) is 0 Å². The van der Waals surface area contributed by atoms with E-state index < -0.39 is 0 Å². The molecule has 1 rings (SSSR count). The quantitative estimate of drug-likeness (QED) is 0.536. The standard InChI is InChI=1S/C17H28BrNS/c1-4-11-19-15(12-14(5-2)6-3)13-20-17-10-8-7-9-16(17)18/h7-10,14-15,19H,4-6,11-13H2,1-3H3. The molecule has 0 aliphatic carbocycles. The van der Waals surface area contributed by atoms with Crippen LogP contribution in [0.4, 0.5) is 0 Å². The number of benzene rings is 1. The number of halogens is 1. The molecule has 0 aromatic heterocycles. The summed E-state index contributed by atoms with van der Waals surface area (Å²) in [7, 11) is 0. The third-order valence-electron chi connectivity index (χ3n) is 3.73. The topological polar surface area (TPSA) is 12.0 Å². The van der Waals surface area contributed by atoms with Crippen molar-refractivity contribution in [1.82, 2.24) is 5.32 Å². The predicted octanol–water partition coefficient (Wildman–Crippen LogP) is 5.74. The van der Waals surface area contributed by atoms with Crippen molar-refractivity contribution < 1.29 is 0 Å². The summed E-state index contributed by atoms with van der Waals surface area (Å²) in [5, 5.41) is 3.72. The lowest BCUT2D eigenvalue weighted by Gasteiger charge is -2.23. The van der Waals surface area contributed by atoms with Crippen LogP contribution in [0.2, 0.25) is 0 Å². The Morgan fingerprint density at radius 1 is 1.15 bits per heavy atom. The Labute approximate surface area is 137 Å². The van der Waals surface area contributed by atoms with Crippen molar-refractivity contribution in [3.63, 3.8) is 0 Å². The van der Waals surface area contributed by atoms with Gasteiger partial charge in [-0.2, -0.15) is 0 Å². The van der Waals surface area contributed by atoms with Crippen LogP contribution in [0.25, 0.3) is 0 Å². The maximum absolute atomic E-state index is 3.72. The van der Waals surface area contributed by atoms with Gasteiger partial charge in [-0.1, -0.05) is 45.7 Å². The van der Waals surface area contributed by atoms with Gasteiger partial charge < -0.3 is 5.32 Å². The van der Waals surface area contributed by atoms with E-state index in [9.17, 15) is 0 Å². The molecule has 0 saturated carbocycles. The highest BCUT2D eigenvalue weighted by Crippen LogP contribution is 2.28. The van der Waals surface area contributed by atoms with Crippen molar-refractivity contribution in [2.45, 2.75) is 57.4 Å². The van der Waals surface area contributed by atoms with E-state index in [2.05, 4.69) is 66.3 Å². The number of rotatable bonds is 10. The lowest BCUT2D eigenvalue weighted by Crippen LogP contribution is -2.33. The summed E-state index contributed by atoms with van der Waals surface area (Å²) in [5.41, 5.74) is 0. The summed E-state index contributed by atoms with van der Waals surface area (Å²) in [6.45, 7) is 7.99. The molecule has 1 N–H and O–H groups in total. The van der Waals surface area contributed by atoms with Crippen molar-refractivity contribution >= 4 is 27.7 Å². The van der Waals surface area contributed by atoms with Gasteiger partial charge in [0, 0.05) is 21.2 Å². The second kappa shape index (κ2) is 10.7. The van der Waals surface area contributed by atoms with Crippen molar-refractivity contribution in [2.24, 2.45) is 5.92 Å². The average Bonchev–Trinajstić information content (AvgIpc) is 2.48. The van der Waals surface area contributed by atoms with Gasteiger partial charge in [0.2, 0.25) is 0 Å². The zero-order valence-corrected chi connectivity index (χ0v) is 15.4. The molecule has 114 valence electrons. The summed E-state index contributed by atoms with van der Waals surface area (Å²) < 4.78 is 1.21. The largest absolute Gasteiger partial charge is 0.313 e. The normalized spacial score (nSPS) is 12.8. The van der Waals surface area contributed by atoms with Gasteiger partial charge in [-0.3, -0.25) is 0 Å². The minimum Gasteiger partial charge on any atom is -0.313 e. The van der Waals surface area contributed by atoms with Crippen LogP contribution in [0.3, 0.4) is 0 Å². The van der Waals surface area contributed by atoms with E-state index in [0.717, 1.165) is 18.2 Å². The zero-order chi connectivity index (χ0) is 14.8. The van der Waals surface area contributed by atoms with Gasteiger partial charge in [-0.15, -0.1) is 11.8 Å². The van der Waals surface area contributed by atoms with Crippen LogP contribution in [-0.2, 0) is 0 Å². The second-order valence-corrected chi connectivity index (χ2v) is 7.23. The molecule has 20 heavy (non-hydrogen) atoms. The minimum absolute atomic E-state index is 0.622. The fourth-order valence-corrected chi connectivity index (χ4v) is 3.98. The number of nitrogens with one attached hydrogen (secondary N) is 1. The summed E-state index contributed by atoms with van der Waals surface area (Å²) in [6, 6.07) is 9.13. The summed E-state index contributed by atoms with van der Waals surface area (Å²) in [5.74, 6) is 2.00. The van der Waals surface area contributed by atoms with E-state index in [1.54, 1.807) is 0 Å². The Morgan fingerprint density at radius 3 is 2.45 bits per heavy atom. The molecular weight excluding hydrogens is 330 g/mol. The van der Waals surface area contributed by atoms with Gasteiger partial charge in [-0.25, -0.2) is 0 Å². The van der Waals surface area contributed by atoms with Gasteiger partial charge in [0.05, 0.1) is 0 Å². The minimum atomic E-state index is 0.622. The van der Waals surface area contributed by atoms with Crippen molar-refractivity contribution in [3.05, 3.63) is 28.7 Å². The van der Waals surface area contributed by atoms with Crippen LogP contribution in [-0.4, -0.2) is 18.3 Å². The third kappa shape index (κ3) is 6.64. The number of hydrogen-bond acceptors (Lipinski definition) is 2. The molecule has 0 amide bonds. The Hall–Kier alpha value is 0.01000. The Morgan fingerprint density at radius 2 is 1.85 bits per heavy atom. The zero-order valence-electron chi connectivity index (χ0n) is 13.0. The van der Waals surface area contributed by atoms with Gasteiger partial charge >= 0.3 is 0 Å². The fourth-order valence-electron chi connectivity index (χ4n) is 2.34. The number of thioether (sulfide) groups is 1. The summed E-state index contributed by atoms with van der Waals surface area (Å²) in [4.78, 5) is 1.35. The molecule has 1 unspecified atom stereocenters. The van der Waals surface area contributed by atoms with Crippen LogP contribution in [0, 0.1) is 5.92 Å².